The number of phenols is 4. The lowest BCUT2D eigenvalue weighted by atomic mass is 9.92. The third-order valence-corrected chi connectivity index (χ3v) is 5.16. The van der Waals surface area contributed by atoms with Gasteiger partial charge in [0.2, 0.25) is 5.78 Å². The standard InChI is InChI=1S/C20H20O11/c21-8-4-11(24)14-13(5-8)30-18(7-1-2-9(22)10(23)3-7)19(16(14)27)31-20-17(28)15(26)12(25)6-29-20/h1-5,12,15,17-26,28H,6H2/t12-,15+,17+,18+,19+,20-/m0/s1. The lowest BCUT2D eigenvalue weighted by Crippen LogP contribution is -2.56. The Bertz CT molecular complexity index is 1010. The third-order valence-electron chi connectivity index (χ3n) is 5.16. The Morgan fingerprint density at radius 2 is 1.65 bits per heavy atom. The van der Waals surface area contributed by atoms with Gasteiger partial charge in [0.1, 0.15) is 41.1 Å². The fraction of sp³-hybridized carbons (Fsp3) is 0.350. The monoisotopic (exact) mass is 436 g/mol. The van der Waals surface area contributed by atoms with Crippen LogP contribution in [0.5, 0.6) is 28.7 Å². The van der Waals surface area contributed by atoms with Crippen LogP contribution in [0.4, 0.5) is 0 Å². The molecule has 31 heavy (non-hydrogen) atoms. The minimum Gasteiger partial charge on any atom is -0.508 e. The molecular formula is C20H20O11. The van der Waals surface area contributed by atoms with Crippen molar-refractivity contribution in [3.63, 3.8) is 0 Å². The number of rotatable bonds is 3. The molecule has 11 nitrogen and oxygen atoms in total. The molecule has 0 unspecified atom stereocenters. The fourth-order valence-electron chi connectivity index (χ4n) is 3.54. The molecule has 6 atom stereocenters. The second-order valence-electron chi connectivity index (χ2n) is 7.30. The SMILES string of the molecule is O=C1c2c(O)cc(O)cc2O[C@H](c2ccc(O)c(O)c2)[C@@H]1O[C@@H]1OC[C@H](O)[C@@H](O)[C@H]1O. The lowest BCUT2D eigenvalue weighted by molar-refractivity contribution is -0.283. The van der Waals surface area contributed by atoms with Gasteiger partial charge >= 0.3 is 0 Å². The van der Waals surface area contributed by atoms with Gasteiger partial charge in [0, 0.05) is 12.1 Å². The van der Waals surface area contributed by atoms with Crippen molar-refractivity contribution >= 4 is 5.78 Å². The van der Waals surface area contributed by atoms with Gasteiger partial charge in [-0.2, -0.15) is 0 Å². The molecule has 4 rings (SSSR count). The molecule has 0 radical (unpaired) electrons. The predicted octanol–water partition coefficient (Wildman–Crippen LogP) is -0.350. The van der Waals surface area contributed by atoms with Crippen molar-refractivity contribution < 1.29 is 54.8 Å². The number of Topliss-reactive ketones (excluding diaryl/α,β-unsaturated/α-hetero) is 1. The van der Waals surface area contributed by atoms with E-state index in [1.54, 1.807) is 0 Å². The molecule has 1 saturated heterocycles. The van der Waals surface area contributed by atoms with Gasteiger partial charge in [-0.15, -0.1) is 0 Å². The summed E-state index contributed by atoms with van der Waals surface area (Å²) in [7, 11) is 0. The average molecular weight is 436 g/mol. The van der Waals surface area contributed by atoms with Crippen molar-refractivity contribution in [2.24, 2.45) is 0 Å². The Morgan fingerprint density at radius 3 is 2.35 bits per heavy atom. The zero-order valence-electron chi connectivity index (χ0n) is 15.8. The molecule has 0 amide bonds. The van der Waals surface area contributed by atoms with Crippen LogP contribution < -0.4 is 4.74 Å². The van der Waals surface area contributed by atoms with Gasteiger partial charge in [-0.05, 0) is 17.7 Å². The molecule has 7 N–H and O–H groups in total. The molecule has 2 heterocycles. The highest BCUT2D eigenvalue weighted by atomic mass is 16.7. The number of aliphatic hydroxyl groups excluding tert-OH is 3. The maximum Gasteiger partial charge on any atom is 0.203 e. The Kier molecular flexibility index (Phi) is 5.37. The van der Waals surface area contributed by atoms with Crippen molar-refractivity contribution in [2.45, 2.75) is 36.8 Å². The number of benzene rings is 2. The summed E-state index contributed by atoms with van der Waals surface area (Å²) in [6.45, 7) is -0.370. The van der Waals surface area contributed by atoms with Gasteiger partial charge in [-0.25, -0.2) is 0 Å². The van der Waals surface area contributed by atoms with Gasteiger partial charge in [0.15, 0.2) is 30.0 Å². The number of fused-ring (bicyclic) bond motifs is 1. The summed E-state index contributed by atoms with van der Waals surface area (Å²) in [5.74, 6) is -2.78. The van der Waals surface area contributed by atoms with E-state index in [1.807, 2.05) is 0 Å². The summed E-state index contributed by atoms with van der Waals surface area (Å²) < 4.78 is 16.6. The molecule has 2 aliphatic heterocycles. The van der Waals surface area contributed by atoms with Crippen molar-refractivity contribution in [2.75, 3.05) is 6.61 Å². The molecule has 0 spiro atoms. The third kappa shape index (κ3) is 3.73. The summed E-state index contributed by atoms with van der Waals surface area (Å²) in [5, 5.41) is 69.0. The quantitative estimate of drug-likeness (QED) is 0.312. The molecule has 11 heteroatoms. The number of phenolic OH excluding ortho intramolecular Hbond substituents is 4. The van der Waals surface area contributed by atoms with E-state index >= 15 is 0 Å². The second-order valence-corrected chi connectivity index (χ2v) is 7.30. The maximum absolute atomic E-state index is 13.2. The number of hydrogen-bond donors (Lipinski definition) is 7. The summed E-state index contributed by atoms with van der Waals surface area (Å²) in [4.78, 5) is 13.2. The van der Waals surface area contributed by atoms with Gasteiger partial charge in [-0.1, -0.05) is 6.07 Å². The van der Waals surface area contributed by atoms with Crippen LogP contribution >= 0.6 is 0 Å². The van der Waals surface area contributed by atoms with E-state index in [2.05, 4.69) is 0 Å². The lowest BCUT2D eigenvalue weighted by Gasteiger charge is -2.39. The smallest absolute Gasteiger partial charge is 0.203 e. The van der Waals surface area contributed by atoms with E-state index in [0.717, 1.165) is 24.3 Å². The van der Waals surface area contributed by atoms with Crippen LogP contribution in [0, 0.1) is 0 Å². The summed E-state index contributed by atoms with van der Waals surface area (Å²) in [6, 6.07) is 5.71. The van der Waals surface area contributed by atoms with Gasteiger partial charge in [-0.3, -0.25) is 4.79 Å². The first-order chi connectivity index (χ1) is 14.7. The number of ketones is 1. The van der Waals surface area contributed by atoms with Gasteiger partial charge in [0.05, 0.1) is 6.61 Å². The van der Waals surface area contributed by atoms with Crippen LogP contribution in [0.1, 0.15) is 22.0 Å². The molecule has 0 saturated carbocycles. The zero-order chi connectivity index (χ0) is 22.4. The molecule has 0 aliphatic carbocycles. The first-order valence-corrected chi connectivity index (χ1v) is 9.27. The number of aliphatic hydroxyl groups is 3. The Balaban J connectivity index is 1.74. The van der Waals surface area contributed by atoms with Crippen molar-refractivity contribution in [1.29, 1.82) is 0 Å². The highest BCUT2D eigenvalue weighted by molar-refractivity contribution is 6.05. The zero-order valence-corrected chi connectivity index (χ0v) is 15.8. The molecule has 166 valence electrons. The predicted molar refractivity (Wildman–Crippen MR) is 99.9 cm³/mol. The number of ether oxygens (including phenoxy) is 3. The van der Waals surface area contributed by atoms with E-state index in [9.17, 15) is 40.5 Å². The summed E-state index contributed by atoms with van der Waals surface area (Å²) in [6.07, 6.45) is -8.95. The normalized spacial score (nSPS) is 30.5. The first kappa shape index (κ1) is 21.2. The number of carbonyl (C=O) groups is 1. The fourth-order valence-corrected chi connectivity index (χ4v) is 3.54. The van der Waals surface area contributed by atoms with E-state index in [1.165, 1.54) is 6.07 Å². The van der Waals surface area contributed by atoms with E-state index in [-0.39, 0.29) is 29.2 Å². The van der Waals surface area contributed by atoms with Gasteiger partial charge in [0.25, 0.3) is 0 Å². The maximum atomic E-state index is 13.2. The number of aromatic hydroxyl groups is 4. The second kappa shape index (κ2) is 7.87. The van der Waals surface area contributed by atoms with Crippen LogP contribution in [-0.4, -0.2) is 78.8 Å². The minimum atomic E-state index is -1.69. The van der Waals surface area contributed by atoms with Crippen molar-refractivity contribution in [3.8, 4) is 28.7 Å². The number of carbonyl (C=O) groups excluding carboxylic acids is 1. The largest absolute Gasteiger partial charge is 0.508 e. The highest BCUT2D eigenvalue weighted by Gasteiger charge is 2.46. The Hall–Kier alpha value is -3.09. The van der Waals surface area contributed by atoms with Crippen LogP contribution in [0.25, 0.3) is 0 Å². The Labute approximate surface area is 174 Å². The van der Waals surface area contributed by atoms with Crippen LogP contribution in [0.3, 0.4) is 0 Å². The highest BCUT2D eigenvalue weighted by Crippen LogP contribution is 2.44. The molecule has 0 bridgehead atoms. The molecule has 1 fully saturated rings. The van der Waals surface area contributed by atoms with Crippen molar-refractivity contribution in [1.82, 2.24) is 0 Å². The molecule has 2 aromatic rings. The number of hydrogen-bond acceptors (Lipinski definition) is 11. The molecule has 2 aliphatic rings. The molecule has 2 aromatic carbocycles. The van der Waals surface area contributed by atoms with E-state index < -0.39 is 59.8 Å². The Morgan fingerprint density at radius 1 is 0.903 bits per heavy atom. The van der Waals surface area contributed by atoms with Gasteiger partial charge < -0.3 is 50.0 Å². The van der Waals surface area contributed by atoms with Crippen molar-refractivity contribution in [3.05, 3.63) is 41.5 Å². The topological polar surface area (TPSA) is 186 Å². The van der Waals surface area contributed by atoms with E-state index in [0.29, 0.717) is 0 Å². The van der Waals surface area contributed by atoms with E-state index in [4.69, 9.17) is 14.2 Å². The minimum absolute atomic E-state index is 0.152. The molecular weight excluding hydrogens is 416 g/mol. The van der Waals surface area contributed by atoms with Crippen LogP contribution in [-0.2, 0) is 9.47 Å². The first-order valence-electron chi connectivity index (χ1n) is 9.27. The van der Waals surface area contributed by atoms with Crippen LogP contribution in [0.15, 0.2) is 30.3 Å². The summed E-state index contributed by atoms with van der Waals surface area (Å²) in [5.41, 5.74) is -0.0963. The van der Waals surface area contributed by atoms with Crippen LogP contribution in [0.2, 0.25) is 0 Å². The average Bonchev–Trinajstić information content (AvgIpc) is 2.71. The summed E-state index contributed by atoms with van der Waals surface area (Å²) >= 11 is 0. The molecule has 0 aromatic heterocycles.